The quantitative estimate of drug-likeness (QED) is 0.566. The van der Waals surface area contributed by atoms with Crippen LogP contribution in [0.5, 0.6) is 0 Å². The average Bonchev–Trinajstić information content (AvgIpc) is 2.50. The van der Waals surface area contributed by atoms with Gasteiger partial charge in [0.15, 0.2) is 5.82 Å². The third kappa shape index (κ3) is 2.24. The van der Waals surface area contributed by atoms with Crippen LogP contribution in [0.15, 0.2) is 0 Å². The summed E-state index contributed by atoms with van der Waals surface area (Å²) in [5.74, 6) is 0.787. The second-order valence-electron chi connectivity index (χ2n) is 2.43. The van der Waals surface area contributed by atoms with Gasteiger partial charge >= 0.3 is 0 Å². The van der Waals surface area contributed by atoms with E-state index < -0.39 is 0 Å². The van der Waals surface area contributed by atoms with Crippen molar-refractivity contribution in [3.05, 3.63) is 5.82 Å². The predicted octanol–water partition coefficient (Wildman–Crippen LogP) is -1.44. The maximum Gasteiger partial charge on any atom is 0.151 e. The normalized spacial score (nSPS) is 10.5. The Morgan fingerprint density at radius 2 is 2.33 bits per heavy atom. The van der Waals surface area contributed by atoms with Crippen LogP contribution in [0.2, 0.25) is 0 Å². The minimum atomic E-state index is 0.0562. The van der Waals surface area contributed by atoms with Crippen molar-refractivity contribution in [2.24, 2.45) is 5.73 Å². The summed E-state index contributed by atoms with van der Waals surface area (Å²) in [6, 6.07) is 0. The maximum atomic E-state index is 8.65. The summed E-state index contributed by atoms with van der Waals surface area (Å²) in [7, 11) is 0. The number of hydrogen-bond acceptors (Lipinski definition) is 5. The molecular formula is C6H13N5O. The van der Waals surface area contributed by atoms with E-state index in [9.17, 15) is 0 Å². The molecule has 0 saturated carbocycles. The van der Waals surface area contributed by atoms with Gasteiger partial charge < -0.3 is 10.8 Å². The number of nitrogens with two attached hydrogens (primary N) is 1. The van der Waals surface area contributed by atoms with Gasteiger partial charge in [-0.2, -0.15) is 0 Å². The summed E-state index contributed by atoms with van der Waals surface area (Å²) in [4.78, 5) is 0. The fourth-order valence-corrected chi connectivity index (χ4v) is 0.931. The third-order valence-electron chi connectivity index (χ3n) is 1.52. The van der Waals surface area contributed by atoms with Crippen LogP contribution in [0.3, 0.4) is 0 Å². The number of tetrazole rings is 1. The SMILES string of the molecule is NCCCc1nnnn1CCO. The molecule has 12 heavy (non-hydrogen) atoms. The lowest BCUT2D eigenvalue weighted by molar-refractivity contribution is 0.265. The Bertz CT molecular complexity index is 223. The molecule has 68 valence electrons. The van der Waals surface area contributed by atoms with E-state index in [1.807, 2.05) is 0 Å². The van der Waals surface area contributed by atoms with Crippen LogP contribution in [0.25, 0.3) is 0 Å². The second kappa shape index (κ2) is 4.78. The summed E-state index contributed by atoms with van der Waals surface area (Å²) >= 11 is 0. The molecule has 0 aliphatic carbocycles. The first kappa shape index (κ1) is 9.08. The van der Waals surface area contributed by atoms with Crippen molar-refractivity contribution < 1.29 is 5.11 Å². The Morgan fingerprint density at radius 1 is 1.50 bits per heavy atom. The Balaban J connectivity index is 2.51. The number of aliphatic hydroxyl groups is 1. The van der Waals surface area contributed by atoms with E-state index in [-0.39, 0.29) is 6.61 Å². The Kier molecular flexibility index (Phi) is 3.62. The van der Waals surface area contributed by atoms with E-state index in [2.05, 4.69) is 15.5 Å². The predicted molar refractivity (Wildman–Crippen MR) is 42.3 cm³/mol. The zero-order valence-electron chi connectivity index (χ0n) is 6.85. The first-order chi connectivity index (χ1) is 5.88. The fourth-order valence-electron chi connectivity index (χ4n) is 0.931. The smallest absolute Gasteiger partial charge is 0.151 e. The van der Waals surface area contributed by atoms with E-state index >= 15 is 0 Å². The van der Waals surface area contributed by atoms with Crippen LogP contribution in [0.1, 0.15) is 12.2 Å². The van der Waals surface area contributed by atoms with Crippen molar-refractivity contribution in [1.29, 1.82) is 0 Å². The Labute approximate surface area is 70.4 Å². The zero-order valence-corrected chi connectivity index (χ0v) is 6.85. The number of aromatic nitrogens is 4. The van der Waals surface area contributed by atoms with Crippen molar-refractivity contribution in [2.45, 2.75) is 19.4 Å². The van der Waals surface area contributed by atoms with E-state index in [0.29, 0.717) is 13.1 Å². The van der Waals surface area contributed by atoms with Gasteiger partial charge in [0, 0.05) is 6.42 Å². The highest BCUT2D eigenvalue weighted by molar-refractivity contribution is 4.80. The number of hydrogen-bond donors (Lipinski definition) is 2. The highest BCUT2D eigenvalue weighted by Gasteiger charge is 2.03. The molecule has 0 bridgehead atoms. The first-order valence-corrected chi connectivity index (χ1v) is 3.94. The standard InChI is InChI=1S/C6H13N5O/c7-3-1-2-6-8-9-10-11(6)4-5-12/h12H,1-5,7H2. The molecule has 0 aromatic carbocycles. The van der Waals surface area contributed by atoms with Crippen LogP contribution in [0, 0.1) is 0 Å². The molecule has 1 heterocycles. The van der Waals surface area contributed by atoms with Crippen molar-refractivity contribution in [3.8, 4) is 0 Å². The molecule has 1 aromatic heterocycles. The monoisotopic (exact) mass is 171 g/mol. The molecule has 0 aliphatic rings. The van der Waals surface area contributed by atoms with E-state index in [4.69, 9.17) is 10.8 Å². The van der Waals surface area contributed by atoms with E-state index in [1.54, 1.807) is 4.68 Å². The molecule has 1 aromatic rings. The van der Waals surface area contributed by atoms with Crippen LogP contribution in [0.4, 0.5) is 0 Å². The third-order valence-corrected chi connectivity index (χ3v) is 1.52. The maximum absolute atomic E-state index is 8.65. The average molecular weight is 171 g/mol. The number of nitrogens with zero attached hydrogens (tertiary/aromatic N) is 4. The molecule has 0 radical (unpaired) electrons. The van der Waals surface area contributed by atoms with E-state index in [0.717, 1.165) is 18.7 Å². The molecular weight excluding hydrogens is 158 g/mol. The summed E-state index contributed by atoms with van der Waals surface area (Å²) in [6.07, 6.45) is 1.63. The highest BCUT2D eigenvalue weighted by atomic mass is 16.3. The summed E-state index contributed by atoms with van der Waals surface area (Å²) in [6.45, 7) is 1.14. The first-order valence-electron chi connectivity index (χ1n) is 3.94. The number of aliphatic hydroxyl groups excluding tert-OH is 1. The molecule has 0 amide bonds. The van der Waals surface area contributed by atoms with Crippen molar-refractivity contribution >= 4 is 0 Å². The minimum Gasteiger partial charge on any atom is -0.394 e. The summed E-state index contributed by atoms with van der Waals surface area (Å²) in [5.41, 5.74) is 5.34. The number of rotatable bonds is 5. The highest BCUT2D eigenvalue weighted by Crippen LogP contribution is 1.95. The molecule has 0 atom stereocenters. The van der Waals surface area contributed by atoms with Gasteiger partial charge in [-0.05, 0) is 23.4 Å². The molecule has 0 saturated heterocycles. The van der Waals surface area contributed by atoms with Gasteiger partial charge in [-0.15, -0.1) is 5.10 Å². The van der Waals surface area contributed by atoms with E-state index in [1.165, 1.54) is 0 Å². The van der Waals surface area contributed by atoms with Gasteiger partial charge in [0.25, 0.3) is 0 Å². The van der Waals surface area contributed by atoms with Crippen LogP contribution in [-0.4, -0.2) is 38.5 Å². The minimum absolute atomic E-state index is 0.0562. The van der Waals surface area contributed by atoms with Gasteiger partial charge in [-0.25, -0.2) is 4.68 Å². The summed E-state index contributed by atoms with van der Waals surface area (Å²) in [5, 5.41) is 19.7. The molecule has 0 fully saturated rings. The number of aryl methyl sites for hydroxylation is 1. The van der Waals surface area contributed by atoms with Gasteiger partial charge in [0.1, 0.15) is 0 Å². The molecule has 0 aliphatic heterocycles. The fraction of sp³-hybridized carbons (Fsp3) is 0.833. The largest absolute Gasteiger partial charge is 0.394 e. The molecule has 0 unspecified atom stereocenters. The molecule has 1 rings (SSSR count). The molecule has 6 heteroatoms. The Morgan fingerprint density at radius 3 is 3.00 bits per heavy atom. The molecule has 3 N–H and O–H groups in total. The van der Waals surface area contributed by atoms with Crippen LogP contribution >= 0.6 is 0 Å². The van der Waals surface area contributed by atoms with Crippen molar-refractivity contribution in [2.75, 3.05) is 13.2 Å². The van der Waals surface area contributed by atoms with Gasteiger partial charge in [0.05, 0.1) is 13.2 Å². The summed E-state index contributed by atoms with van der Waals surface area (Å²) < 4.78 is 1.59. The lowest BCUT2D eigenvalue weighted by Gasteiger charge is -1.99. The molecule has 0 spiro atoms. The lowest BCUT2D eigenvalue weighted by atomic mass is 10.3. The van der Waals surface area contributed by atoms with Crippen LogP contribution in [-0.2, 0) is 13.0 Å². The van der Waals surface area contributed by atoms with Crippen molar-refractivity contribution in [3.63, 3.8) is 0 Å². The topological polar surface area (TPSA) is 89.9 Å². The van der Waals surface area contributed by atoms with Gasteiger partial charge in [-0.3, -0.25) is 0 Å². The lowest BCUT2D eigenvalue weighted by Crippen LogP contribution is -2.10. The van der Waals surface area contributed by atoms with Crippen molar-refractivity contribution in [1.82, 2.24) is 20.2 Å². The van der Waals surface area contributed by atoms with Crippen LogP contribution < -0.4 is 5.73 Å². The van der Waals surface area contributed by atoms with Gasteiger partial charge in [0.2, 0.25) is 0 Å². The second-order valence-corrected chi connectivity index (χ2v) is 2.43. The molecule has 6 nitrogen and oxygen atoms in total. The zero-order chi connectivity index (χ0) is 8.81. The van der Waals surface area contributed by atoms with Gasteiger partial charge in [-0.1, -0.05) is 0 Å². The Hall–Kier alpha value is -1.01.